The molecule has 0 aliphatic heterocycles. The summed E-state index contributed by atoms with van der Waals surface area (Å²) < 4.78 is 19.4. The van der Waals surface area contributed by atoms with Crippen LogP contribution in [0.1, 0.15) is 40.1 Å². The summed E-state index contributed by atoms with van der Waals surface area (Å²) in [6.07, 6.45) is 1.66. The second kappa shape index (κ2) is 9.71. The van der Waals surface area contributed by atoms with Crippen molar-refractivity contribution < 1.29 is 23.5 Å². The number of nitrogens with zero attached hydrogens (tertiary/aromatic N) is 2. The van der Waals surface area contributed by atoms with Gasteiger partial charge in [0.15, 0.2) is 6.61 Å². The summed E-state index contributed by atoms with van der Waals surface area (Å²) >= 11 is 1.28. The molecule has 1 aliphatic carbocycles. The number of amides is 2. The van der Waals surface area contributed by atoms with Crippen LogP contribution in [0.2, 0.25) is 0 Å². The van der Waals surface area contributed by atoms with Crippen molar-refractivity contribution in [1.29, 1.82) is 5.26 Å². The Kier molecular flexibility index (Phi) is 7.02. The van der Waals surface area contributed by atoms with Gasteiger partial charge in [0.1, 0.15) is 10.8 Å². The van der Waals surface area contributed by atoms with Crippen LogP contribution in [-0.4, -0.2) is 30.9 Å². The molecule has 0 bridgehead atoms. The first-order chi connectivity index (χ1) is 14.8. The van der Waals surface area contributed by atoms with Crippen molar-refractivity contribution >= 4 is 39.8 Å². The van der Waals surface area contributed by atoms with Gasteiger partial charge in [-0.1, -0.05) is 12.1 Å². The Labute approximate surface area is 183 Å². The van der Waals surface area contributed by atoms with Gasteiger partial charge in [-0.3, -0.25) is 9.59 Å². The standard InChI is InChI=1S/C22H22FN3O4S/c1-13-14(2)31-21(25-20(28)15-8-9-15)19(13)22(29)30-12-18(27)26(11-5-10-24)17-7-4-3-6-16(17)23/h3-4,6-7,15H,5,8-9,11-12H2,1-2H3,(H,25,28). The number of aryl methyl sites for hydroxylation is 1. The molecule has 2 amide bonds. The molecule has 1 heterocycles. The van der Waals surface area contributed by atoms with E-state index in [1.54, 1.807) is 13.0 Å². The number of carbonyl (C=O) groups is 3. The normalized spacial score (nSPS) is 12.7. The number of halogens is 1. The Morgan fingerprint density at radius 3 is 2.65 bits per heavy atom. The van der Waals surface area contributed by atoms with Gasteiger partial charge in [0.2, 0.25) is 5.91 Å². The van der Waals surface area contributed by atoms with E-state index in [9.17, 15) is 18.8 Å². The fraction of sp³-hybridized carbons (Fsp3) is 0.364. The van der Waals surface area contributed by atoms with E-state index in [2.05, 4.69) is 5.32 Å². The molecule has 0 spiro atoms. The van der Waals surface area contributed by atoms with E-state index >= 15 is 0 Å². The van der Waals surface area contributed by atoms with Crippen LogP contribution in [0, 0.1) is 36.9 Å². The number of nitrogens with one attached hydrogen (secondary N) is 1. The summed E-state index contributed by atoms with van der Waals surface area (Å²) in [5.41, 5.74) is 0.904. The van der Waals surface area contributed by atoms with Crippen LogP contribution in [0.5, 0.6) is 0 Å². The smallest absolute Gasteiger partial charge is 0.341 e. The Morgan fingerprint density at radius 2 is 2.00 bits per heavy atom. The first-order valence-electron chi connectivity index (χ1n) is 9.83. The van der Waals surface area contributed by atoms with Crippen LogP contribution in [0.15, 0.2) is 24.3 Å². The molecule has 0 saturated heterocycles. The van der Waals surface area contributed by atoms with Gasteiger partial charge in [0, 0.05) is 17.3 Å². The number of para-hydroxylation sites is 1. The number of nitriles is 1. The molecule has 3 rings (SSSR count). The minimum Gasteiger partial charge on any atom is -0.452 e. The topological polar surface area (TPSA) is 99.5 Å². The lowest BCUT2D eigenvalue weighted by atomic mass is 10.1. The van der Waals surface area contributed by atoms with Crippen LogP contribution in [-0.2, 0) is 14.3 Å². The lowest BCUT2D eigenvalue weighted by Crippen LogP contribution is -2.36. The molecule has 0 radical (unpaired) electrons. The summed E-state index contributed by atoms with van der Waals surface area (Å²) in [4.78, 5) is 39.5. The number of anilines is 2. The van der Waals surface area contributed by atoms with Gasteiger partial charge in [-0.15, -0.1) is 11.3 Å². The third-order valence-corrected chi connectivity index (χ3v) is 6.12. The summed E-state index contributed by atoms with van der Waals surface area (Å²) in [7, 11) is 0. The summed E-state index contributed by atoms with van der Waals surface area (Å²) in [5.74, 6) is -2.16. The number of hydrogen-bond acceptors (Lipinski definition) is 6. The van der Waals surface area contributed by atoms with Crippen molar-refractivity contribution in [3.63, 3.8) is 0 Å². The zero-order valence-corrected chi connectivity index (χ0v) is 18.1. The summed E-state index contributed by atoms with van der Waals surface area (Å²) in [6.45, 7) is 2.92. The molecule has 1 aromatic carbocycles. The molecule has 1 aromatic heterocycles. The predicted molar refractivity (Wildman–Crippen MR) is 114 cm³/mol. The van der Waals surface area contributed by atoms with E-state index in [1.165, 1.54) is 29.5 Å². The first-order valence-corrected chi connectivity index (χ1v) is 10.6. The highest BCUT2D eigenvalue weighted by Gasteiger charge is 2.32. The van der Waals surface area contributed by atoms with Crippen LogP contribution in [0.4, 0.5) is 15.1 Å². The van der Waals surface area contributed by atoms with Crippen LogP contribution in [0.3, 0.4) is 0 Å². The summed E-state index contributed by atoms with van der Waals surface area (Å²) in [6, 6.07) is 7.61. The Morgan fingerprint density at radius 1 is 1.29 bits per heavy atom. The number of benzene rings is 1. The quantitative estimate of drug-likeness (QED) is 0.623. The van der Waals surface area contributed by atoms with E-state index in [-0.39, 0.29) is 36.0 Å². The van der Waals surface area contributed by atoms with Gasteiger partial charge >= 0.3 is 5.97 Å². The van der Waals surface area contributed by atoms with Crippen molar-refractivity contribution in [1.82, 2.24) is 0 Å². The number of carbonyl (C=O) groups excluding carboxylic acids is 3. The minimum atomic E-state index is -0.741. The number of thiophene rings is 1. The van der Waals surface area contributed by atoms with Crippen LogP contribution in [0.25, 0.3) is 0 Å². The molecule has 0 atom stereocenters. The van der Waals surface area contributed by atoms with Crippen LogP contribution >= 0.6 is 11.3 Å². The second-order valence-electron chi connectivity index (χ2n) is 7.23. The SMILES string of the molecule is Cc1sc(NC(=O)C2CC2)c(C(=O)OCC(=O)N(CCC#N)c2ccccc2F)c1C. The molecular formula is C22H22FN3O4S. The zero-order chi connectivity index (χ0) is 22.5. The molecule has 1 fully saturated rings. The average molecular weight is 444 g/mol. The molecular weight excluding hydrogens is 421 g/mol. The monoisotopic (exact) mass is 443 g/mol. The van der Waals surface area contributed by atoms with E-state index < -0.39 is 24.3 Å². The third-order valence-electron chi connectivity index (χ3n) is 4.99. The first kappa shape index (κ1) is 22.4. The highest BCUT2D eigenvalue weighted by atomic mass is 32.1. The van der Waals surface area contributed by atoms with Gasteiger partial charge in [-0.2, -0.15) is 5.26 Å². The molecule has 1 N–H and O–H groups in total. The van der Waals surface area contributed by atoms with Crippen molar-refractivity contribution in [2.75, 3.05) is 23.4 Å². The largest absolute Gasteiger partial charge is 0.452 e. The fourth-order valence-corrected chi connectivity index (χ4v) is 4.06. The molecule has 1 saturated carbocycles. The fourth-order valence-electron chi connectivity index (χ4n) is 3.01. The predicted octanol–water partition coefficient (Wildman–Crippen LogP) is 3.96. The molecule has 31 heavy (non-hydrogen) atoms. The zero-order valence-electron chi connectivity index (χ0n) is 17.2. The van der Waals surface area contributed by atoms with Crippen LogP contribution < -0.4 is 10.2 Å². The molecule has 7 nitrogen and oxygen atoms in total. The highest BCUT2D eigenvalue weighted by molar-refractivity contribution is 7.16. The van der Waals surface area contributed by atoms with E-state index in [0.29, 0.717) is 10.6 Å². The maximum absolute atomic E-state index is 14.2. The molecule has 2 aromatic rings. The van der Waals surface area contributed by atoms with Gasteiger partial charge in [0.25, 0.3) is 5.91 Å². The van der Waals surface area contributed by atoms with Gasteiger partial charge in [-0.25, -0.2) is 9.18 Å². The minimum absolute atomic E-state index is 0.00575. The van der Waals surface area contributed by atoms with Crippen molar-refractivity contribution in [2.24, 2.45) is 5.92 Å². The Hall–Kier alpha value is -3.25. The lowest BCUT2D eigenvalue weighted by molar-refractivity contribution is -0.121. The van der Waals surface area contributed by atoms with E-state index in [0.717, 1.165) is 22.6 Å². The van der Waals surface area contributed by atoms with E-state index in [1.807, 2.05) is 13.0 Å². The van der Waals surface area contributed by atoms with Crippen molar-refractivity contribution in [3.05, 3.63) is 46.1 Å². The van der Waals surface area contributed by atoms with Crippen molar-refractivity contribution in [2.45, 2.75) is 33.1 Å². The highest BCUT2D eigenvalue weighted by Crippen LogP contribution is 2.36. The lowest BCUT2D eigenvalue weighted by Gasteiger charge is -2.22. The molecule has 162 valence electrons. The Bertz CT molecular complexity index is 1060. The number of rotatable bonds is 8. The van der Waals surface area contributed by atoms with Gasteiger partial charge in [-0.05, 0) is 44.4 Å². The molecule has 1 aliphatic rings. The maximum atomic E-state index is 14.2. The second-order valence-corrected chi connectivity index (χ2v) is 8.46. The number of ether oxygens (including phenoxy) is 1. The Balaban J connectivity index is 1.73. The number of hydrogen-bond donors (Lipinski definition) is 1. The average Bonchev–Trinajstić information content (AvgIpc) is 3.55. The van der Waals surface area contributed by atoms with Gasteiger partial charge in [0.05, 0.1) is 23.7 Å². The summed E-state index contributed by atoms with van der Waals surface area (Å²) in [5, 5.41) is 12.0. The van der Waals surface area contributed by atoms with E-state index in [4.69, 9.17) is 10.00 Å². The molecule has 0 unspecified atom stereocenters. The van der Waals surface area contributed by atoms with Gasteiger partial charge < -0.3 is 15.0 Å². The number of esters is 1. The third kappa shape index (κ3) is 5.27. The van der Waals surface area contributed by atoms with Crippen molar-refractivity contribution in [3.8, 4) is 6.07 Å². The maximum Gasteiger partial charge on any atom is 0.341 e. The molecule has 9 heteroatoms.